The summed E-state index contributed by atoms with van der Waals surface area (Å²) in [5.74, 6) is -0.0269. The lowest BCUT2D eigenvalue weighted by Gasteiger charge is -2.15. The lowest BCUT2D eigenvalue weighted by atomic mass is 10.1. The lowest BCUT2D eigenvalue weighted by molar-refractivity contribution is -0.128. The van der Waals surface area contributed by atoms with Gasteiger partial charge in [0.25, 0.3) is 0 Å². The van der Waals surface area contributed by atoms with Crippen molar-refractivity contribution in [3.05, 3.63) is 36.4 Å². The molecule has 0 radical (unpaired) electrons. The smallest absolute Gasteiger partial charge is 0.338 e. The molecule has 0 N–H and O–H groups in total. The van der Waals surface area contributed by atoms with Crippen molar-refractivity contribution in [2.24, 2.45) is 5.92 Å². The topological polar surface area (TPSA) is 63.9 Å². The van der Waals surface area contributed by atoms with Gasteiger partial charge in [-0.3, -0.25) is 4.79 Å². The van der Waals surface area contributed by atoms with Crippen LogP contribution in [0.3, 0.4) is 0 Å². The average Bonchev–Trinajstić information content (AvgIpc) is 3.13. The van der Waals surface area contributed by atoms with Crippen LogP contribution in [0.2, 0.25) is 0 Å². The Hall–Kier alpha value is -2.37. The van der Waals surface area contributed by atoms with Gasteiger partial charge in [0.05, 0.1) is 30.2 Å². The van der Waals surface area contributed by atoms with Crippen molar-refractivity contribution >= 4 is 17.4 Å². The number of imidazole rings is 1. The first kappa shape index (κ1) is 13.3. The number of carbonyl (C=O) groups is 2. The van der Waals surface area contributed by atoms with Crippen molar-refractivity contribution in [1.29, 1.82) is 0 Å². The van der Waals surface area contributed by atoms with Gasteiger partial charge in [0.1, 0.15) is 0 Å². The van der Waals surface area contributed by atoms with E-state index in [1.165, 1.54) is 0 Å². The summed E-state index contributed by atoms with van der Waals surface area (Å²) >= 11 is 0. The zero-order valence-electron chi connectivity index (χ0n) is 12.1. The maximum Gasteiger partial charge on any atom is 0.338 e. The Kier molecular flexibility index (Phi) is 3.10. The molecule has 1 saturated carbocycles. The SMILES string of the molecule is O=C(OC[C@H]1CC(=O)N(C2CC2)C1)c1ccn2cncc2c1. The molecule has 6 nitrogen and oxygen atoms in total. The summed E-state index contributed by atoms with van der Waals surface area (Å²) in [6, 6.07) is 3.91. The maximum absolute atomic E-state index is 12.1. The maximum atomic E-state index is 12.1. The number of amides is 1. The highest BCUT2D eigenvalue weighted by Gasteiger charge is 2.39. The van der Waals surface area contributed by atoms with E-state index in [9.17, 15) is 9.59 Å². The number of aromatic nitrogens is 2. The standard InChI is InChI=1S/C16H17N3O3/c20-15-5-11(8-19(15)13-1-2-13)9-22-16(21)12-3-4-18-10-17-7-14(18)6-12/h3-4,6-7,10-11,13H,1-2,5,8-9H2/t11-/m0/s1. The van der Waals surface area contributed by atoms with Crippen LogP contribution >= 0.6 is 0 Å². The van der Waals surface area contributed by atoms with Gasteiger partial charge in [-0.25, -0.2) is 9.78 Å². The summed E-state index contributed by atoms with van der Waals surface area (Å²) in [4.78, 5) is 30.0. The molecule has 2 aromatic rings. The molecule has 1 amide bonds. The highest BCUT2D eigenvalue weighted by Crippen LogP contribution is 2.32. The predicted molar refractivity (Wildman–Crippen MR) is 78.3 cm³/mol. The van der Waals surface area contributed by atoms with E-state index in [-0.39, 0.29) is 17.8 Å². The van der Waals surface area contributed by atoms with E-state index in [4.69, 9.17) is 4.74 Å². The van der Waals surface area contributed by atoms with Crippen LogP contribution in [0.5, 0.6) is 0 Å². The zero-order chi connectivity index (χ0) is 15.1. The van der Waals surface area contributed by atoms with Crippen molar-refractivity contribution in [1.82, 2.24) is 14.3 Å². The van der Waals surface area contributed by atoms with Gasteiger partial charge in [0, 0.05) is 31.1 Å². The fourth-order valence-corrected chi connectivity index (χ4v) is 2.98. The first-order valence-electron chi connectivity index (χ1n) is 7.59. The van der Waals surface area contributed by atoms with E-state index in [0.717, 1.165) is 24.9 Å². The molecule has 4 rings (SSSR count). The first-order valence-corrected chi connectivity index (χ1v) is 7.59. The predicted octanol–water partition coefficient (Wildman–Crippen LogP) is 1.50. The number of rotatable bonds is 4. The van der Waals surface area contributed by atoms with Gasteiger partial charge in [-0.1, -0.05) is 0 Å². The number of esters is 1. The van der Waals surface area contributed by atoms with Crippen LogP contribution in [0.15, 0.2) is 30.9 Å². The van der Waals surface area contributed by atoms with E-state index in [1.807, 2.05) is 9.30 Å². The molecule has 1 aliphatic carbocycles. The third-order valence-corrected chi connectivity index (χ3v) is 4.33. The second-order valence-electron chi connectivity index (χ2n) is 6.09. The van der Waals surface area contributed by atoms with E-state index in [2.05, 4.69) is 4.98 Å². The van der Waals surface area contributed by atoms with E-state index in [0.29, 0.717) is 24.6 Å². The van der Waals surface area contributed by atoms with Crippen LogP contribution in [0.1, 0.15) is 29.6 Å². The van der Waals surface area contributed by atoms with Gasteiger partial charge < -0.3 is 14.0 Å². The van der Waals surface area contributed by atoms with E-state index < -0.39 is 0 Å². The van der Waals surface area contributed by atoms with Gasteiger partial charge in [0.15, 0.2) is 0 Å². The minimum atomic E-state index is -0.346. The fourth-order valence-electron chi connectivity index (χ4n) is 2.98. The van der Waals surface area contributed by atoms with E-state index in [1.54, 1.807) is 30.9 Å². The third-order valence-electron chi connectivity index (χ3n) is 4.33. The molecular formula is C16H17N3O3. The van der Waals surface area contributed by atoms with Gasteiger partial charge >= 0.3 is 5.97 Å². The van der Waals surface area contributed by atoms with Crippen molar-refractivity contribution in [2.45, 2.75) is 25.3 Å². The molecule has 1 aliphatic heterocycles. The number of ether oxygens (including phenoxy) is 1. The minimum Gasteiger partial charge on any atom is -0.462 e. The number of hydrogen-bond donors (Lipinski definition) is 0. The van der Waals surface area contributed by atoms with Crippen LogP contribution in [-0.4, -0.2) is 45.4 Å². The van der Waals surface area contributed by atoms with Crippen molar-refractivity contribution in [3.63, 3.8) is 0 Å². The molecule has 3 heterocycles. The molecule has 0 unspecified atom stereocenters. The molecule has 0 bridgehead atoms. The molecule has 0 aromatic carbocycles. The van der Waals surface area contributed by atoms with Crippen molar-refractivity contribution < 1.29 is 14.3 Å². The monoisotopic (exact) mass is 299 g/mol. The Balaban J connectivity index is 1.37. The summed E-state index contributed by atoms with van der Waals surface area (Å²) in [5, 5.41) is 0. The molecule has 1 saturated heterocycles. The Morgan fingerprint density at radius 1 is 1.41 bits per heavy atom. The van der Waals surface area contributed by atoms with Crippen LogP contribution in [-0.2, 0) is 9.53 Å². The van der Waals surface area contributed by atoms with Crippen LogP contribution < -0.4 is 0 Å². The molecule has 2 aromatic heterocycles. The Bertz CT molecular complexity index is 735. The van der Waals surface area contributed by atoms with Gasteiger partial charge in [-0.2, -0.15) is 0 Å². The highest BCUT2D eigenvalue weighted by atomic mass is 16.5. The van der Waals surface area contributed by atoms with Gasteiger partial charge in [-0.15, -0.1) is 0 Å². The fraction of sp³-hybridized carbons (Fsp3) is 0.438. The Labute approximate surface area is 127 Å². The Morgan fingerprint density at radius 2 is 2.27 bits per heavy atom. The molecule has 2 aliphatic rings. The van der Waals surface area contributed by atoms with Crippen LogP contribution in [0.25, 0.3) is 5.52 Å². The molecule has 0 spiro atoms. The minimum absolute atomic E-state index is 0.121. The number of carbonyl (C=O) groups excluding carboxylic acids is 2. The largest absolute Gasteiger partial charge is 0.462 e. The van der Waals surface area contributed by atoms with Crippen LogP contribution in [0.4, 0.5) is 0 Å². The summed E-state index contributed by atoms with van der Waals surface area (Å²) in [6.07, 6.45) is 7.88. The number of nitrogens with zero attached hydrogens (tertiary/aromatic N) is 3. The molecule has 1 atom stereocenters. The zero-order valence-corrected chi connectivity index (χ0v) is 12.1. The van der Waals surface area contributed by atoms with E-state index >= 15 is 0 Å². The summed E-state index contributed by atoms with van der Waals surface area (Å²) in [7, 11) is 0. The molecule has 2 fully saturated rings. The number of hydrogen-bond acceptors (Lipinski definition) is 4. The molecule has 114 valence electrons. The number of pyridine rings is 1. The third kappa shape index (κ3) is 2.45. The van der Waals surface area contributed by atoms with Gasteiger partial charge in [-0.05, 0) is 25.0 Å². The summed E-state index contributed by atoms with van der Waals surface area (Å²) < 4.78 is 7.22. The van der Waals surface area contributed by atoms with Gasteiger partial charge in [0.2, 0.25) is 5.91 Å². The molecule has 6 heteroatoms. The normalized spacial score (nSPS) is 21.5. The lowest BCUT2D eigenvalue weighted by Crippen LogP contribution is -2.27. The number of likely N-dealkylation sites (tertiary alicyclic amines) is 1. The summed E-state index contributed by atoms with van der Waals surface area (Å²) in [6.45, 7) is 1.02. The quantitative estimate of drug-likeness (QED) is 0.803. The highest BCUT2D eigenvalue weighted by molar-refractivity contribution is 5.90. The first-order chi connectivity index (χ1) is 10.7. The molecular weight excluding hydrogens is 282 g/mol. The van der Waals surface area contributed by atoms with Crippen molar-refractivity contribution in [2.75, 3.05) is 13.2 Å². The second kappa shape index (κ2) is 5.12. The van der Waals surface area contributed by atoms with Crippen molar-refractivity contribution in [3.8, 4) is 0 Å². The average molecular weight is 299 g/mol. The second-order valence-corrected chi connectivity index (χ2v) is 6.09. The molecule has 22 heavy (non-hydrogen) atoms. The Morgan fingerprint density at radius 3 is 3.09 bits per heavy atom. The van der Waals surface area contributed by atoms with Crippen LogP contribution in [0, 0.1) is 5.92 Å². The number of fused-ring (bicyclic) bond motifs is 1. The summed E-state index contributed by atoms with van der Waals surface area (Å²) in [5.41, 5.74) is 1.36.